The van der Waals surface area contributed by atoms with E-state index < -0.39 is 20.0 Å². The van der Waals surface area contributed by atoms with Gasteiger partial charge in [-0.25, -0.2) is 4.57 Å². The number of phosphoric acid groups is 1. The van der Waals surface area contributed by atoms with Gasteiger partial charge in [0.25, 0.3) is 0 Å². The maximum atomic E-state index is 13.6. The van der Waals surface area contributed by atoms with E-state index >= 15 is 0 Å². The van der Waals surface area contributed by atoms with Gasteiger partial charge < -0.3 is 19.4 Å². The summed E-state index contributed by atoms with van der Waals surface area (Å²) in [4.78, 5) is 38.0. The number of hydrogen-bond donors (Lipinski definition) is 2. The second-order valence-corrected chi connectivity index (χ2v) is 29.3. The fraction of sp³-hybridized carbons (Fsp3) is 0.873. The Morgan fingerprint density at radius 2 is 0.685 bits per heavy atom. The van der Waals surface area contributed by atoms with Crippen LogP contribution in [0.15, 0.2) is 48.6 Å². The van der Waals surface area contributed by atoms with Crippen molar-refractivity contribution < 1.29 is 37.3 Å². The Morgan fingerprint density at radius 1 is 0.393 bits per heavy atom. The third kappa shape index (κ3) is 70.1. The van der Waals surface area contributed by atoms with Crippen molar-refractivity contribution in [2.75, 3.05) is 40.9 Å². The minimum Gasteiger partial charge on any atom is -0.456 e. The molecule has 10 heteroatoms. The molecule has 0 fully saturated rings. The Morgan fingerprint density at radius 3 is 1.04 bits per heavy atom. The first-order valence-corrected chi connectivity index (χ1v) is 40.5. The molecule has 0 aromatic rings. The molecular weight excluding hydrogens is 1120 g/mol. The third-order valence-corrected chi connectivity index (χ3v) is 18.7. The van der Waals surface area contributed by atoms with Crippen LogP contribution in [0.4, 0.5) is 0 Å². The summed E-state index contributed by atoms with van der Waals surface area (Å²) >= 11 is 0. The van der Waals surface area contributed by atoms with E-state index in [0.29, 0.717) is 23.9 Å². The first-order chi connectivity index (χ1) is 43.4. The van der Waals surface area contributed by atoms with Gasteiger partial charge >= 0.3 is 13.8 Å². The van der Waals surface area contributed by atoms with Gasteiger partial charge in [-0.2, -0.15) is 0 Å². The zero-order valence-electron chi connectivity index (χ0n) is 60.2. The molecule has 0 aliphatic carbocycles. The minimum atomic E-state index is -4.45. The van der Waals surface area contributed by atoms with E-state index in [-0.39, 0.29) is 25.1 Å². The summed E-state index contributed by atoms with van der Waals surface area (Å²) in [5, 5.41) is 3.08. The number of esters is 1. The van der Waals surface area contributed by atoms with Gasteiger partial charge in [-0.1, -0.05) is 339 Å². The fourth-order valence-corrected chi connectivity index (χ4v) is 12.5. The lowest BCUT2D eigenvalue weighted by Crippen LogP contribution is -2.47. The zero-order valence-corrected chi connectivity index (χ0v) is 61.1. The van der Waals surface area contributed by atoms with E-state index in [1.165, 1.54) is 295 Å². The fourth-order valence-electron chi connectivity index (χ4n) is 11.7. The Hall–Kier alpha value is -2.03. The molecule has 0 rings (SSSR count). The number of phosphoric ester groups is 1. The highest BCUT2D eigenvalue weighted by molar-refractivity contribution is 7.47. The monoisotopic (exact) mass is 1270 g/mol. The average Bonchev–Trinajstić information content (AvgIpc) is 3.70. The van der Waals surface area contributed by atoms with Gasteiger partial charge in [0.15, 0.2) is 0 Å². The van der Waals surface area contributed by atoms with Crippen molar-refractivity contribution >= 4 is 19.7 Å². The van der Waals surface area contributed by atoms with Crippen LogP contribution in [0, 0.1) is 0 Å². The number of amides is 1. The van der Waals surface area contributed by atoms with Gasteiger partial charge in [0, 0.05) is 12.8 Å². The summed E-state index contributed by atoms with van der Waals surface area (Å²) in [6.07, 6.45) is 88.6. The number of likely N-dealkylation sites (N-methyl/N-ethyl adjacent to an activating group) is 1. The lowest BCUT2D eigenvalue weighted by Gasteiger charge is -2.27. The van der Waals surface area contributed by atoms with Crippen LogP contribution in [-0.4, -0.2) is 74.3 Å². The maximum absolute atomic E-state index is 13.6. The van der Waals surface area contributed by atoms with Crippen LogP contribution in [0.5, 0.6) is 0 Å². The molecule has 89 heavy (non-hydrogen) atoms. The van der Waals surface area contributed by atoms with Crippen molar-refractivity contribution in [3.05, 3.63) is 48.6 Å². The number of carbonyl (C=O) groups excluding carboxylic acids is 2. The second kappa shape index (κ2) is 68.8. The maximum Gasteiger partial charge on any atom is 0.472 e. The van der Waals surface area contributed by atoms with E-state index in [1.807, 2.05) is 33.3 Å². The number of quaternary nitrogens is 1. The Balaban J connectivity index is 4.87. The van der Waals surface area contributed by atoms with Crippen molar-refractivity contribution in [2.45, 2.75) is 405 Å². The highest BCUT2D eigenvalue weighted by Crippen LogP contribution is 2.43. The van der Waals surface area contributed by atoms with Crippen LogP contribution >= 0.6 is 7.82 Å². The minimum absolute atomic E-state index is 0.0427. The summed E-state index contributed by atoms with van der Waals surface area (Å²) in [5.41, 5.74) is 0. The van der Waals surface area contributed by atoms with Gasteiger partial charge in [-0.3, -0.25) is 18.6 Å². The number of ether oxygens (including phenoxy) is 1. The molecule has 524 valence electrons. The standard InChI is InChI=1S/C79H151N2O7P/c1-7-10-13-16-19-22-25-27-29-31-33-35-37-39-40-42-43-45-47-49-51-53-56-59-62-65-68-71-78(82)80-76(75-87-89(84,85)86-74-73-81(4,5)6)77(70-67-64-61-58-55-24-21-18-15-12-9-3)88-79(83)72-69-66-63-60-57-54-52-50-48-46-44-41-38-36-34-32-30-28-26-23-20-17-14-11-8-2/h19,22,27-30,67,70,76-77H,7-18,20-21,23-26,31-66,68-69,71-75H2,1-6H3,(H-,80,82,84,85)/p+1/b22-19-,29-27-,30-28+,70-67+. The normalized spacial score (nSPS) is 13.7. The molecule has 0 spiro atoms. The highest BCUT2D eigenvalue weighted by atomic mass is 31.2. The molecule has 3 atom stereocenters. The molecule has 0 aliphatic rings. The topological polar surface area (TPSA) is 111 Å². The molecule has 9 nitrogen and oxygen atoms in total. The predicted octanol–water partition coefficient (Wildman–Crippen LogP) is 25.1. The molecule has 0 aromatic carbocycles. The second-order valence-electron chi connectivity index (χ2n) is 27.9. The number of carbonyl (C=O) groups is 2. The van der Waals surface area contributed by atoms with Gasteiger partial charge in [0.1, 0.15) is 19.3 Å². The van der Waals surface area contributed by atoms with E-state index in [4.69, 9.17) is 13.8 Å². The quantitative estimate of drug-likeness (QED) is 0.0205. The van der Waals surface area contributed by atoms with Crippen molar-refractivity contribution in [3.8, 4) is 0 Å². The zero-order chi connectivity index (χ0) is 64.9. The summed E-state index contributed by atoms with van der Waals surface area (Å²) in [6, 6.07) is -0.847. The number of rotatable bonds is 72. The van der Waals surface area contributed by atoms with Crippen LogP contribution in [0.3, 0.4) is 0 Å². The number of allylic oxidation sites excluding steroid dienone is 7. The highest BCUT2D eigenvalue weighted by Gasteiger charge is 2.30. The van der Waals surface area contributed by atoms with Crippen molar-refractivity contribution in [2.24, 2.45) is 0 Å². The first-order valence-electron chi connectivity index (χ1n) is 39.0. The summed E-state index contributed by atoms with van der Waals surface area (Å²) < 4.78 is 30.9. The average molecular weight is 1270 g/mol. The third-order valence-electron chi connectivity index (χ3n) is 17.7. The van der Waals surface area contributed by atoms with E-state index in [2.05, 4.69) is 62.5 Å². The van der Waals surface area contributed by atoms with Crippen LogP contribution in [-0.2, 0) is 27.9 Å². The molecule has 0 saturated carbocycles. The Labute approximate surface area is 554 Å². The molecule has 0 aromatic heterocycles. The van der Waals surface area contributed by atoms with E-state index in [0.717, 1.165) is 64.2 Å². The smallest absolute Gasteiger partial charge is 0.456 e. The van der Waals surface area contributed by atoms with Crippen molar-refractivity contribution in [3.63, 3.8) is 0 Å². The summed E-state index contributed by atoms with van der Waals surface area (Å²) in [6.45, 7) is 7.04. The van der Waals surface area contributed by atoms with Gasteiger partial charge in [0.2, 0.25) is 5.91 Å². The molecule has 1 amide bonds. The predicted molar refractivity (Wildman–Crippen MR) is 388 cm³/mol. The van der Waals surface area contributed by atoms with Crippen LogP contribution in [0.2, 0.25) is 0 Å². The molecular formula is C79H152N2O7P+. The van der Waals surface area contributed by atoms with E-state index in [1.54, 1.807) is 0 Å². The van der Waals surface area contributed by atoms with E-state index in [9.17, 15) is 19.0 Å². The number of nitrogens with zero attached hydrogens (tertiary/aromatic N) is 1. The summed E-state index contributed by atoms with van der Waals surface area (Å²) in [5.74, 6) is -0.484. The van der Waals surface area contributed by atoms with Gasteiger partial charge in [-0.05, 0) is 89.5 Å². The number of unbranched alkanes of at least 4 members (excludes halogenated alkanes) is 50. The van der Waals surface area contributed by atoms with Gasteiger partial charge in [0.05, 0.1) is 33.8 Å². The molecule has 0 heterocycles. The van der Waals surface area contributed by atoms with Crippen LogP contribution in [0.25, 0.3) is 0 Å². The Bertz CT molecular complexity index is 1660. The van der Waals surface area contributed by atoms with Crippen molar-refractivity contribution in [1.82, 2.24) is 5.32 Å². The molecule has 3 unspecified atom stereocenters. The molecule has 0 saturated heterocycles. The lowest BCUT2D eigenvalue weighted by molar-refractivity contribution is -0.870. The largest absolute Gasteiger partial charge is 0.472 e. The molecule has 0 radical (unpaired) electrons. The number of nitrogens with one attached hydrogen (secondary N) is 1. The SMILES string of the molecule is CCCCC/C=C\C/C=C\CCCCCCCCCCCCCCCCCCCC(=O)NC(COP(=O)(O)OCC[N+](C)(C)C)C(/C=C/CCCCCCCCCCC)OC(=O)CCCCCCCCCCCCCCCCC/C=C/CCCCCCCC. The van der Waals surface area contributed by atoms with Gasteiger partial charge in [-0.15, -0.1) is 0 Å². The first kappa shape index (κ1) is 87.0. The van der Waals surface area contributed by atoms with Crippen LogP contribution < -0.4 is 5.32 Å². The Kier molecular flexibility index (Phi) is 67.2. The van der Waals surface area contributed by atoms with Crippen LogP contribution in [0.1, 0.15) is 393 Å². The molecule has 0 aliphatic heterocycles. The molecule has 2 N–H and O–H groups in total. The number of hydrogen-bond acceptors (Lipinski definition) is 6. The van der Waals surface area contributed by atoms with Crippen molar-refractivity contribution in [1.29, 1.82) is 0 Å². The summed E-state index contributed by atoms with van der Waals surface area (Å²) in [7, 11) is 1.51. The lowest BCUT2D eigenvalue weighted by atomic mass is 10.0. The molecule has 0 bridgehead atoms.